The number of nitrogens with one attached hydrogen (secondary N) is 1. The number of aromatic nitrogens is 1. The number of carboxylic acids is 1. The maximum absolute atomic E-state index is 13.6. The molecule has 0 aromatic carbocycles. The van der Waals surface area contributed by atoms with Gasteiger partial charge in [0.25, 0.3) is 0 Å². The second kappa shape index (κ2) is 4.19. The third-order valence-electron chi connectivity index (χ3n) is 1.91. The van der Waals surface area contributed by atoms with E-state index in [0.717, 1.165) is 6.07 Å². The van der Waals surface area contributed by atoms with Crippen LogP contribution in [-0.4, -0.2) is 21.6 Å². The molecule has 16 heavy (non-hydrogen) atoms. The average molecular weight is 222 g/mol. The lowest BCUT2D eigenvalue weighted by Gasteiger charge is -2.20. The van der Waals surface area contributed by atoms with Gasteiger partial charge in [-0.25, -0.2) is 14.2 Å². The Morgan fingerprint density at radius 2 is 2.31 bits per heavy atom. The largest absolute Gasteiger partial charge is 0.478 e. The number of hydrogen-bond acceptors (Lipinski definition) is 3. The fourth-order valence-corrected chi connectivity index (χ4v) is 1.03. The second-order valence-electron chi connectivity index (χ2n) is 3.72. The molecular formula is C11H11FN2O2. The van der Waals surface area contributed by atoms with Crippen molar-refractivity contribution in [3.8, 4) is 12.3 Å². The number of hydrogen-bond donors (Lipinski definition) is 2. The third-order valence-corrected chi connectivity index (χ3v) is 1.91. The van der Waals surface area contributed by atoms with Crippen LogP contribution in [0.5, 0.6) is 0 Å². The van der Waals surface area contributed by atoms with Gasteiger partial charge in [-0.3, -0.25) is 0 Å². The fourth-order valence-electron chi connectivity index (χ4n) is 1.03. The molecule has 0 saturated carbocycles. The van der Waals surface area contributed by atoms with Crippen LogP contribution in [0.15, 0.2) is 12.3 Å². The third kappa shape index (κ3) is 2.48. The van der Waals surface area contributed by atoms with Gasteiger partial charge in [0.1, 0.15) is 5.56 Å². The Balaban J connectivity index is 3.13. The van der Waals surface area contributed by atoms with Crippen molar-refractivity contribution < 1.29 is 14.3 Å². The van der Waals surface area contributed by atoms with Crippen molar-refractivity contribution in [2.45, 2.75) is 19.4 Å². The predicted octanol–water partition coefficient (Wildman–Crippen LogP) is 1.74. The minimum absolute atomic E-state index is 0.164. The van der Waals surface area contributed by atoms with Gasteiger partial charge in [0.05, 0.1) is 5.54 Å². The lowest BCUT2D eigenvalue weighted by Crippen LogP contribution is -2.29. The van der Waals surface area contributed by atoms with Crippen molar-refractivity contribution in [3.05, 3.63) is 23.6 Å². The van der Waals surface area contributed by atoms with Gasteiger partial charge in [-0.2, -0.15) is 0 Å². The van der Waals surface area contributed by atoms with Gasteiger partial charge in [0, 0.05) is 6.20 Å². The van der Waals surface area contributed by atoms with Crippen LogP contribution in [0.2, 0.25) is 0 Å². The highest BCUT2D eigenvalue weighted by atomic mass is 19.1. The average Bonchev–Trinajstić information content (AvgIpc) is 2.20. The Morgan fingerprint density at radius 3 is 2.81 bits per heavy atom. The van der Waals surface area contributed by atoms with Crippen LogP contribution < -0.4 is 5.32 Å². The summed E-state index contributed by atoms with van der Waals surface area (Å²) in [6.07, 6.45) is 6.43. The highest BCUT2D eigenvalue weighted by Gasteiger charge is 2.20. The van der Waals surface area contributed by atoms with Crippen LogP contribution >= 0.6 is 0 Å². The number of carbonyl (C=O) groups is 1. The molecule has 1 heterocycles. The van der Waals surface area contributed by atoms with Crippen LogP contribution in [0.25, 0.3) is 0 Å². The monoisotopic (exact) mass is 222 g/mol. The lowest BCUT2D eigenvalue weighted by atomic mass is 10.1. The molecule has 0 aliphatic carbocycles. The first-order chi connectivity index (χ1) is 7.37. The predicted molar refractivity (Wildman–Crippen MR) is 57.7 cm³/mol. The molecule has 0 saturated heterocycles. The molecule has 0 fully saturated rings. The van der Waals surface area contributed by atoms with Crippen molar-refractivity contribution in [2.75, 3.05) is 5.32 Å². The van der Waals surface area contributed by atoms with Crippen LogP contribution in [0.1, 0.15) is 24.2 Å². The number of terminal acetylenes is 1. The van der Waals surface area contributed by atoms with Crippen LogP contribution in [0.3, 0.4) is 0 Å². The summed E-state index contributed by atoms with van der Waals surface area (Å²) in [7, 11) is 0. The molecule has 1 aromatic rings. The molecule has 0 spiro atoms. The number of anilines is 1. The van der Waals surface area contributed by atoms with E-state index < -0.39 is 22.9 Å². The molecule has 0 aliphatic heterocycles. The van der Waals surface area contributed by atoms with Gasteiger partial charge in [0.15, 0.2) is 11.6 Å². The first-order valence-corrected chi connectivity index (χ1v) is 4.51. The zero-order valence-corrected chi connectivity index (χ0v) is 8.91. The van der Waals surface area contributed by atoms with Crippen LogP contribution in [0.4, 0.5) is 10.2 Å². The van der Waals surface area contributed by atoms with Gasteiger partial charge < -0.3 is 10.4 Å². The summed E-state index contributed by atoms with van der Waals surface area (Å²) in [6, 6.07) is 1.09. The van der Waals surface area contributed by atoms with Gasteiger partial charge in [-0.05, 0) is 19.9 Å². The number of halogens is 1. The number of nitrogens with zero attached hydrogens (tertiary/aromatic N) is 1. The summed E-state index contributed by atoms with van der Waals surface area (Å²) in [5.74, 6) is -0.0276. The molecule has 0 amide bonds. The molecule has 0 radical (unpaired) electrons. The van der Waals surface area contributed by atoms with Crippen molar-refractivity contribution in [3.63, 3.8) is 0 Å². The van der Waals surface area contributed by atoms with E-state index in [1.54, 1.807) is 13.8 Å². The SMILES string of the molecule is C#CC(C)(C)Nc1nccc(C(=O)O)c1F. The standard InChI is InChI=1S/C11H11FN2O2/c1-4-11(2,3)14-9-8(12)7(10(15)16)5-6-13-9/h1,5-6H,2-3H3,(H,13,14)(H,15,16). The molecule has 84 valence electrons. The maximum Gasteiger partial charge on any atom is 0.338 e. The second-order valence-corrected chi connectivity index (χ2v) is 3.72. The van der Waals surface area contributed by atoms with E-state index in [-0.39, 0.29) is 5.82 Å². The van der Waals surface area contributed by atoms with E-state index in [4.69, 9.17) is 11.5 Å². The van der Waals surface area contributed by atoms with E-state index >= 15 is 0 Å². The van der Waals surface area contributed by atoms with E-state index in [2.05, 4.69) is 16.2 Å². The minimum Gasteiger partial charge on any atom is -0.478 e. The normalized spacial score (nSPS) is 10.6. The molecule has 0 aliphatic rings. The minimum atomic E-state index is -1.35. The number of rotatable bonds is 3. The molecule has 2 N–H and O–H groups in total. The summed E-state index contributed by atoms with van der Waals surface area (Å²) in [6.45, 7) is 3.31. The first kappa shape index (κ1) is 12.0. The highest BCUT2D eigenvalue weighted by molar-refractivity contribution is 5.88. The van der Waals surface area contributed by atoms with Gasteiger partial charge >= 0.3 is 5.97 Å². The smallest absolute Gasteiger partial charge is 0.338 e. The van der Waals surface area contributed by atoms with Gasteiger partial charge in [-0.1, -0.05) is 5.92 Å². The van der Waals surface area contributed by atoms with Crippen molar-refractivity contribution in [2.24, 2.45) is 0 Å². The Morgan fingerprint density at radius 1 is 1.69 bits per heavy atom. The van der Waals surface area contributed by atoms with E-state index in [1.807, 2.05) is 0 Å². The molecule has 0 unspecified atom stereocenters. The fraction of sp³-hybridized carbons (Fsp3) is 0.273. The Bertz CT molecular complexity index is 464. The van der Waals surface area contributed by atoms with Crippen LogP contribution in [0, 0.1) is 18.2 Å². The molecule has 4 nitrogen and oxygen atoms in total. The quantitative estimate of drug-likeness (QED) is 0.765. The number of carboxylic acid groups (broad SMARTS) is 1. The molecule has 0 bridgehead atoms. The highest BCUT2D eigenvalue weighted by Crippen LogP contribution is 2.18. The summed E-state index contributed by atoms with van der Waals surface area (Å²) in [4.78, 5) is 14.4. The Labute approximate surface area is 92.5 Å². The summed E-state index contributed by atoms with van der Waals surface area (Å²) < 4.78 is 13.6. The maximum atomic E-state index is 13.6. The van der Waals surface area contributed by atoms with Crippen molar-refractivity contribution in [1.29, 1.82) is 0 Å². The van der Waals surface area contributed by atoms with E-state index in [9.17, 15) is 9.18 Å². The van der Waals surface area contributed by atoms with Crippen LogP contribution in [-0.2, 0) is 0 Å². The summed E-state index contributed by atoms with van der Waals surface area (Å²) in [5, 5.41) is 11.4. The zero-order valence-electron chi connectivity index (χ0n) is 8.91. The molecule has 1 rings (SSSR count). The zero-order chi connectivity index (χ0) is 12.3. The molecule has 0 atom stereocenters. The summed E-state index contributed by atoms with van der Waals surface area (Å²) >= 11 is 0. The number of pyridine rings is 1. The molecule has 5 heteroatoms. The van der Waals surface area contributed by atoms with E-state index in [1.165, 1.54) is 6.20 Å². The first-order valence-electron chi connectivity index (χ1n) is 4.51. The van der Waals surface area contributed by atoms with Crippen molar-refractivity contribution >= 4 is 11.8 Å². The molecule has 1 aromatic heterocycles. The molecular weight excluding hydrogens is 211 g/mol. The summed E-state index contributed by atoms with van der Waals surface area (Å²) in [5.41, 5.74) is -1.24. The Hall–Kier alpha value is -2.09. The number of aromatic carboxylic acids is 1. The van der Waals surface area contributed by atoms with Gasteiger partial charge in [0.2, 0.25) is 0 Å². The van der Waals surface area contributed by atoms with Crippen molar-refractivity contribution in [1.82, 2.24) is 4.98 Å². The Kier molecular flexibility index (Phi) is 3.14. The lowest BCUT2D eigenvalue weighted by molar-refractivity contribution is 0.0692. The topological polar surface area (TPSA) is 62.2 Å². The van der Waals surface area contributed by atoms with Gasteiger partial charge in [-0.15, -0.1) is 6.42 Å². The van der Waals surface area contributed by atoms with E-state index in [0.29, 0.717) is 0 Å².